The standard InChI is InChI=1S/C23H26FN3O.C4H4O4/c1-2-27-20-6-4-3-5-16(20)7-10-22(27)26-13-11-17(12-14-26)23-19-9-8-18(24)15-21(19)28-25-23;5-3(6)1-2-4(7)8/h3-6,8-9,15,17,22H,2,7,10-14H2,1H3;1-2H,(H,5,6)(H,7,8). The predicted molar refractivity (Wildman–Crippen MR) is 133 cm³/mol. The Morgan fingerprint density at radius 3 is 2.44 bits per heavy atom. The van der Waals surface area contributed by atoms with Crippen LogP contribution in [0.1, 0.15) is 43.4 Å². The van der Waals surface area contributed by atoms with Gasteiger partial charge in [-0.15, -0.1) is 0 Å². The zero-order valence-electron chi connectivity index (χ0n) is 20.1. The lowest BCUT2D eigenvalue weighted by Crippen LogP contribution is -2.53. The predicted octanol–water partition coefficient (Wildman–Crippen LogP) is 4.66. The Morgan fingerprint density at radius 2 is 1.78 bits per heavy atom. The van der Waals surface area contributed by atoms with Gasteiger partial charge in [-0.2, -0.15) is 0 Å². The van der Waals surface area contributed by atoms with Gasteiger partial charge in [0.2, 0.25) is 0 Å². The van der Waals surface area contributed by atoms with Gasteiger partial charge in [0.1, 0.15) is 5.82 Å². The van der Waals surface area contributed by atoms with Crippen LogP contribution in [0.25, 0.3) is 11.0 Å². The number of carboxylic acids is 2. The first-order chi connectivity index (χ1) is 17.4. The molecule has 190 valence electrons. The highest BCUT2D eigenvalue weighted by molar-refractivity contribution is 5.89. The van der Waals surface area contributed by atoms with E-state index in [2.05, 4.69) is 46.1 Å². The molecule has 1 aromatic heterocycles. The summed E-state index contributed by atoms with van der Waals surface area (Å²) in [6, 6.07) is 13.6. The van der Waals surface area contributed by atoms with Crippen LogP contribution in [0.4, 0.5) is 10.1 Å². The van der Waals surface area contributed by atoms with Crippen LogP contribution in [0.5, 0.6) is 0 Å². The van der Waals surface area contributed by atoms with Gasteiger partial charge in [-0.1, -0.05) is 23.4 Å². The number of rotatable bonds is 5. The van der Waals surface area contributed by atoms with Crippen LogP contribution in [0, 0.1) is 5.82 Å². The molecule has 5 rings (SSSR count). The number of hydrogen-bond donors (Lipinski definition) is 2. The molecule has 2 aliphatic rings. The number of anilines is 1. The number of carbonyl (C=O) groups is 2. The number of nitrogens with zero attached hydrogens (tertiary/aromatic N) is 3. The smallest absolute Gasteiger partial charge is 0.328 e. The summed E-state index contributed by atoms with van der Waals surface area (Å²) in [5.74, 6) is -2.41. The van der Waals surface area contributed by atoms with Gasteiger partial charge in [0.05, 0.1) is 11.9 Å². The van der Waals surface area contributed by atoms with E-state index in [-0.39, 0.29) is 5.82 Å². The Hall–Kier alpha value is -3.72. The molecule has 1 unspecified atom stereocenters. The molecule has 0 saturated carbocycles. The Balaban J connectivity index is 0.000000331. The monoisotopic (exact) mass is 495 g/mol. The molecule has 2 aliphatic heterocycles. The van der Waals surface area contributed by atoms with E-state index < -0.39 is 11.9 Å². The second-order valence-electron chi connectivity index (χ2n) is 8.96. The number of para-hydroxylation sites is 1. The first-order valence-electron chi connectivity index (χ1n) is 12.1. The highest BCUT2D eigenvalue weighted by Gasteiger charge is 2.33. The van der Waals surface area contributed by atoms with Gasteiger partial charge in [-0.25, -0.2) is 14.0 Å². The molecule has 0 radical (unpaired) electrons. The van der Waals surface area contributed by atoms with Crippen molar-refractivity contribution in [1.82, 2.24) is 10.1 Å². The van der Waals surface area contributed by atoms with Crippen molar-refractivity contribution in [2.24, 2.45) is 0 Å². The number of halogens is 1. The van der Waals surface area contributed by atoms with E-state index in [0.29, 0.717) is 29.8 Å². The summed E-state index contributed by atoms with van der Waals surface area (Å²) in [7, 11) is 0. The molecule has 2 aromatic carbocycles. The first kappa shape index (κ1) is 25.4. The lowest BCUT2D eigenvalue weighted by atomic mass is 9.90. The Labute approximate surface area is 208 Å². The van der Waals surface area contributed by atoms with Crippen LogP contribution in [0.3, 0.4) is 0 Å². The van der Waals surface area contributed by atoms with E-state index in [1.165, 1.54) is 29.8 Å². The summed E-state index contributed by atoms with van der Waals surface area (Å²) < 4.78 is 18.8. The minimum atomic E-state index is -1.26. The van der Waals surface area contributed by atoms with Crippen molar-refractivity contribution in [2.45, 2.75) is 44.7 Å². The summed E-state index contributed by atoms with van der Waals surface area (Å²) in [6.45, 7) is 5.40. The number of benzene rings is 2. The third-order valence-corrected chi connectivity index (χ3v) is 6.84. The van der Waals surface area contributed by atoms with Crippen LogP contribution in [-0.4, -0.2) is 58.0 Å². The van der Waals surface area contributed by atoms with E-state index in [4.69, 9.17) is 14.7 Å². The Morgan fingerprint density at radius 1 is 1.08 bits per heavy atom. The van der Waals surface area contributed by atoms with Crippen molar-refractivity contribution in [1.29, 1.82) is 0 Å². The number of piperidine rings is 1. The fourth-order valence-corrected chi connectivity index (χ4v) is 5.20. The quantitative estimate of drug-likeness (QED) is 0.493. The highest BCUT2D eigenvalue weighted by Crippen LogP contribution is 2.37. The summed E-state index contributed by atoms with van der Waals surface area (Å²) in [5, 5.41) is 20.9. The molecule has 2 N–H and O–H groups in total. The van der Waals surface area contributed by atoms with Gasteiger partial charge in [0.15, 0.2) is 5.58 Å². The zero-order chi connectivity index (χ0) is 25.7. The third kappa shape index (κ3) is 5.73. The Kier molecular flexibility index (Phi) is 8.00. The van der Waals surface area contributed by atoms with Gasteiger partial charge in [-0.05, 0) is 56.4 Å². The third-order valence-electron chi connectivity index (χ3n) is 6.84. The number of hydrogen-bond acceptors (Lipinski definition) is 6. The molecule has 1 fully saturated rings. The SMILES string of the molecule is CCN1c2ccccc2CCC1N1CCC(c2noc3cc(F)ccc23)CC1.O=C(O)C=CC(=O)O. The minimum absolute atomic E-state index is 0.276. The molecule has 36 heavy (non-hydrogen) atoms. The summed E-state index contributed by atoms with van der Waals surface area (Å²) in [6.07, 6.45) is 6.05. The van der Waals surface area contributed by atoms with E-state index in [1.807, 2.05) is 0 Å². The van der Waals surface area contributed by atoms with E-state index >= 15 is 0 Å². The molecule has 3 heterocycles. The number of aliphatic carboxylic acids is 2. The van der Waals surface area contributed by atoms with E-state index in [0.717, 1.165) is 50.0 Å². The van der Waals surface area contributed by atoms with Crippen LogP contribution in [0.15, 0.2) is 59.1 Å². The summed E-state index contributed by atoms with van der Waals surface area (Å²) >= 11 is 0. The van der Waals surface area contributed by atoms with Gasteiger partial charge in [0, 0.05) is 54.8 Å². The number of fused-ring (bicyclic) bond motifs is 2. The fraction of sp³-hybridized carbons (Fsp3) is 0.370. The first-order valence-corrected chi connectivity index (χ1v) is 12.1. The molecule has 0 spiro atoms. The van der Waals surface area contributed by atoms with Crippen LogP contribution in [0.2, 0.25) is 0 Å². The Bertz CT molecular complexity index is 1230. The van der Waals surface area contributed by atoms with Gasteiger partial charge in [-0.3, -0.25) is 4.90 Å². The maximum absolute atomic E-state index is 13.4. The second kappa shape index (κ2) is 11.3. The average Bonchev–Trinajstić information content (AvgIpc) is 3.30. The molecule has 0 aliphatic carbocycles. The highest BCUT2D eigenvalue weighted by atomic mass is 19.1. The molecular weight excluding hydrogens is 465 g/mol. The number of carboxylic acid groups (broad SMARTS) is 2. The lowest BCUT2D eigenvalue weighted by molar-refractivity contribution is -0.134. The number of likely N-dealkylation sites (tertiary alicyclic amines) is 1. The maximum Gasteiger partial charge on any atom is 0.328 e. The second-order valence-corrected chi connectivity index (χ2v) is 8.96. The number of aromatic nitrogens is 1. The average molecular weight is 496 g/mol. The maximum atomic E-state index is 13.4. The van der Waals surface area contributed by atoms with Crippen molar-refractivity contribution in [2.75, 3.05) is 24.5 Å². The molecule has 9 heteroatoms. The molecule has 1 atom stereocenters. The fourth-order valence-electron chi connectivity index (χ4n) is 5.20. The molecule has 3 aromatic rings. The molecule has 0 amide bonds. The van der Waals surface area contributed by atoms with Crippen molar-refractivity contribution in [3.63, 3.8) is 0 Å². The largest absolute Gasteiger partial charge is 0.478 e. The van der Waals surface area contributed by atoms with E-state index in [9.17, 15) is 14.0 Å². The van der Waals surface area contributed by atoms with Crippen molar-refractivity contribution in [3.8, 4) is 0 Å². The molecule has 8 nitrogen and oxygen atoms in total. The van der Waals surface area contributed by atoms with Crippen LogP contribution < -0.4 is 4.90 Å². The van der Waals surface area contributed by atoms with E-state index in [1.54, 1.807) is 6.07 Å². The molecule has 1 saturated heterocycles. The topological polar surface area (TPSA) is 107 Å². The normalized spacial score (nSPS) is 18.6. The van der Waals surface area contributed by atoms with Crippen LogP contribution in [-0.2, 0) is 16.0 Å². The molecule has 0 bridgehead atoms. The summed E-state index contributed by atoms with van der Waals surface area (Å²) in [4.78, 5) is 24.3. The zero-order valence-corrected chi connectivity index (χ0v) is 20.1. The van der Waals surface area contributed by atoms with Crippen LogP contribution >= 0.6 is 0 Å². The van der Waals surface area contributed by atoms with Crippen molar-refractivity contribution in [3.05, 3.63) is 71.7 Å². The van der Waals surface area contributed by atoms with Gasteiger partial charge in [0.25, 0.3) is 0 Å². The minimum Gasteiger partial charge on any atom is -0.478 e. The summed E-state index contributed by atoms with van der Waals surface area (Å²) in [5.41, 5.74) is 4.42. The number of aryl methyl sites for hydroxylation is 1. The van der Waals surface area contributed by atoms with Crippen molar-refractivity contribution < 1.29 is 28.7 Å². The van der Waals surface area contributed by atoms with Crippen molar-refractivity contribution >= 4 is 28.6 Å². The molecular formula is C27H30FN3O5. The lowest BCUT2D eigenvalue weighted by Gasteiger charge is -2.46. The van der Waals surface area contributed by atoms with Gasteiger partial charge >= 0.3 is 11.9 Å². The van der Waals surface area contributed by atoms with Gasteiger partial charge < -0.3 is 19.6 Å².